The average molecular weight is 273 g/mol. The van der Waals surface area contributed by atoms with Crippen molar-refractivity contribution in [3.8, 4) is 0 Å². The lowest BCUT2D eigenvalue weighted by atomic mass is 10.1. The molecule has 0 spiro atoms. The van der Waals surface area contributed by atoms with Gasteiger partial charge in [-0.3, -0.25) is 4.90 Å². The van der Waals surface area contributed by atoms with Crippen molar-refractivity contribution >= 4 is 17.4 Å². The molecule has 20 heavy (non-hydrogen) atoms. The normalized spacial score (nSPS) is 20.9. The predicted molar refractivity (Wildman–Crippen MR) is 77.5 cm³/mol. The summed E-state index contributed by atoms with van der Waals surface area (Å²) in [5.41, 5.74) is 2.38. The van der Waals surface area contributed by atoms with Gasteiger partial charge in [0.25, 0.3) is 0 Å². The lowest BCUT2D eigenvalue weighted by Crippen LogP contribution is -2.42. The molecule has 1 fully saturated rings. The zero-order valence-corrected chi connectivity index (χ0v) is 11.5. The summed E-state index contributed by atoms with van der Waals surface area (Å²) >= 11 is 0. The minimum Gasteiger partial charge on any atom is -0.411 e. The molecular weight excluding hydrogens is 254 g/mol. The molecule has 5 nitrogen and oxygen atoms in total. The van der Waals surface area contributed by atoms with Gasteiger partial charge in [-0.05, 0) is 31.7 Å². The fraction of sp³-hybridized carbons (Fsp3) is 0.467. The van der Waals surface area contributed by atoms with Gasteiger partial charge >= 0.3 is 6.03 Å². The predicted octanol–water partition coefficient (Wildman–Crippen LogP) is 2.68. The van der Waals surface area contributed by atoms with Gasteiger partial charge in [0.15, 0.2) is 0 Å². The standard InChI is InChI=1S/C15H19N3O2/c19-15(17-9-3-4-10-17)18-11-5-7-13(16-20)12-6-1-2-8-14(12)18/h1-2,6,8,20H,3-5,7,9-11H2/b16-13-. The first kappa shape index (κ1) is 13.0. The molecule has 0 bridgehead atoms. The number of carbonyl (C=O) groups is 1. The van der Waals surface area contributed by atoms with Gasteiger partial charge in [-0.2, -0.15) is 0 Å². The summed E-state index contributed by atoms with van der Waals surface area (Å²) in [5.74, 6) is 0. The van der Waals surface area contributed by atoms with E-state index in [1.54, 1.807) is 0 Å². The van der Waals surface area contributed by atoms with Crippen LogP contribution in [0.5, 0.6) is 0 Å². The number of anilines is 1. The Morgan fingerprint density at radius 1 is 1.10 bits per heavy atom. The van der Waals surface area contributed by atoms with Gasteiger partial charge in [0, 0.05) is 25.2 Å². The molecule has 5 heteroatoms. The molecule has 2 aliphatic heterocycles. The van der Waals surface area contributed by atoms with Crippen molar-refractivity contribution in [2.24, 2.45) is 5.16 Å². The highest BCUT2D eigenvalue weighted by molar-refractivity contribution is 6.08. The molecule has 3 rings (SSSR count). The quantitative estimate of drug-likeness (QED) is 0.583. The molecule has 2 aliphatic rings. The second-order valence-corrected chi connectivity index (χ2v) is 5.30. The van der Waals surface area contributed by atoms with Gasteiger partial charge in [-0.1, -0.05) is 23.4 Å². The highest BCUT2D eigenvalue weighted by Crippen LogP contribution is 2.28. The van der Waals surface area contributed by atoms with Gasteiger partial charge in [-0.15, -0.1) is 0 Å². The van der Waals surface area contributed by atoms with Gasteiger partial charge in [0.2, 0.25) is 0 Å². The van der Waals surface area contributed by atoms with Crippen molar-refractivity contribution in [1.82, 2.24) is 4.90 Å². The third-order valence-corrected chi connectivity index (χ3v) is 4.03. The molecule has 106 valence electrons. The molecule has 1 saturated heterocycles. The Hall–Kier alpha value is -2.04. The Morgan fingerprint density at radius 2 is 1.85 bits per heavy atom. The van der Waals surface area contributed by atoms with Gasteiger partial charge < -0.3 is 10.1 Å². The van der Waals surface area contributed by atoms with E-state index in [-0.39, 0.29) is 6.03 Å². The Balaban J connectivity index is 1.96. The molecular formula is C15H19N3O2. The van der Waals surface area contributed by atoms with Gasteiger partial charge in [0.1, 0.15) is 0 Å². The van der Waals surface area contributed by atoms with E-state index < -0.39 is 0 Å². The van der Waals surface area contributed by atoms with Crippen LogP contribution in [0.25, 0.3) is 0 Å². The third-order valence-electron chi connectivity index (χ3n) is 4.03. The van der Waals surface area contributed by atoms with Crippen LogP contribution >= 0.6 is 0 Å². The summed E-state index contributed by atoms with van der Waals surface area (Å²) in [4.78, 5) is 16.4. The topological polar surface area (TPSA) is 56.1 Å². The molecule has 0 atom stereocenters. The lowest BCUT2D eigenvalue weighted by molar-refractivity contribution is 0.215. The number of fused-ring (bicyclic) bond motifs is 1. The first-order valence-corrected chi connectivity index (χ1v) is 7.18. The molecule has 2 heterocycles. The summed E-state index contributed by atoms with van der Waals surface area (Å²) < 4.78 is 0. The van der Waals surface area contributed by atoms with E-state index in [0.717, 1.165) is 43.6 Å². The van der Waals surface area contributed by atoms with E-state index in [1.165, 1.54) is 0 Å². The number of amides is 2. The van der Waals surface area contributed by atoms with E-state index in [4.69, 9.17) is 0 Å². The van der Waals surface area contributed by atoms with Crippen LogP contribution in [0.4, 0.5) is 10.5 Å². The van der Waals surface area contributed by atoms with Crippen LogP contribution in [-0.2, 0) is 0 Å². The number of likely N-dealkylation sites (tertiary alicyclic amines) is 1. The molecule has 0 radical (unpaired) electrons. The molecule has 0 unspecified atom stereocenters. The van der Waals surface area contributed by atoms with Crippen LogP contribution in [0.3, 0.4) is 0 Å². The zero-order chi connectivity index (χ0) is 13.9. The highest BCUT2D eigenvalue weighted by Gasteiger charge is 2.28. The zero-order valence-electron chi connectivity index (χ0n) is 11.5. The third kappa shape index (κ3) is 2.24. The van der Waals surface area contributed by atoms with E-state index >= 15 is 0 Å². The maximum atomic E-state index is 12.7. The first-order valence-electron chi connectivity index (χ1n) is 7.18. The van der Waals surface area contributed by atoms with Crippen molar-refractivity contribution in [3.63, 3.8) is 0 Å². The number of para-hydroxylation sites is 1. The largest absolute Gasteiger partial charge is 0.411 e. The summed E-state index contributed by atoms with van der Waals surface area (Å²) in [6.45, 7) is 2.36. The Morgan fingerprint density at radius 3 is 2.60 bits per heavy atom. The van der Waals surface area contributed by atoms with E-state index in [1.807, 2.05) is 34.1 Å². The van der Waals surface area contributed by atoms with Crippen molar-refractivity contribution in [2.45, 2.75) is 25.7 Å². The minimum atomic E-state index is 0.0779. The number of nitrogens with zero attached hydrogens (tertiary/aromatic N) is 3. The summed E-state index contributed by atoms with van der Waals surface area (Å²) in [6.07, 6.45) is 3.68. The van der Waals surface area contributed by atoms with Crippen LogP contribution in [0.15, 0.2) is 29.4 Å². The Bertz CT molecular complexity index is 536. The van der Waals surface area contributed by atoms with Crippen molar-refractivity contribution in [1.29, 1.82) is 0 Å². The number of benzene rings is 1. The van der Waals surface area contributed by atoms with E-state index in [2.05, 4.69) is 5.16 Å². The minimum absolute atomic E-state index is 0.0779. The molecule has 0 aliphatic carbocycles. The average Bonchev–Trinajstić information content (AvgIpc) is 2.95. The molecule has 2 amide bonds. The second-order valence-electron chi connectivity index (χ2n) is 5.30. The number of urea groups is 1. The van der Waals surface area contributed by atoms with Gasteiger partial charge in [-0.25, -0.2) is 4.79 Å². The Kier molecular flexibility index (Phi) is 3.58. The van der Waals surface area contributed by atoms with E-state index in [9.17, 15) is 10.0 Å². The van der Waals surface area contributed by atoms with Crippen molar-refractivity contribution in [2.75, 3.05) is 24.5 Å². The SMILES string of the molecule is O=C(N1CCCC1)N1CCC/C(=N/O)c2ccccc21. The summed E-state index contributed by atoms with van der Waals surface area (Å²) in [6, 6.07) is 7.76. The van der Waals surface area contributed by atoms with Crippen molar-refractivity contribution < 1.29 is 10.0 Å². The fourth-order valence-corrected chi connectivity index (χ4v) is 2.99. The molecule has 1 aromatic carbocycles. The van der Waals surface area contributed by atoms with Crippen LogP contribution in [0.1, 0.15) is 31.2 Å². The smallest absolute Gasteiger partial charge is 0.324 e. The van der Waals surface area contributed by atoms with Crippen molar-refractivity contribution in [3.05, 3.63) is 29.8 Å². The monoisotopic (exact) mass is 273 g/mol. The highest BCUT2D eigenvalue weighted by atomic mass is 16.4. The Labute approximate surface area is 118 Å². The summed E-state index contributed by atoms with van der Waals surface area (Å²) in [5, 5.41) is 12.6. The number of rotatable bonds is 0. The fourth-order valence-electron chi connectivity index (χ4n) is 2.99. The molecule has 1 aromatic rings. The first-order chi connectivity index (χ1) is 9.81. The summed E-state index contributed by atoms with van der Waals surface area (Å²) in [7, 11) is 0. The second kappa shape index (κ2) is 5.53. The lowest BCUT2D eigenvalue weighted by Gasteiger charge is -2.27. The molecule has 0 saturated carbocycles. The van der Waals surface area contributed by atoms with Crippen LogP contribution < -0.4 is 4.90 Å². The molecule has 0 aromatic heterocycles. The number of hydrogen-bond donors (Lipinski definition) is 1. The van der Waals surface area contributed by atoms with Gasteiger partial charge in [0.05, 0.1) is 11.4 Å². The number of carbonyl (C=O) groups excluding carboxylic acids is 1. The van der Waals surface area contributed by atoms with Crippen LogP contribution in [0.2, 0.25) is 0 Å². The van der Waals surface area contributed by atoms with Crippen LogP contribution in [0, 0.1) is 0 Å². The maximum Gasteiger partial charge on any atom is 0.324 e. The molecule has 1 N–H and O–H groups in total. The van der Waals surface area contributed by atoms with E-state index in [0.29, 0.717) is 18.7 Å². The maximum absolute atomic E-state index is 12.7. The van der Waals surface area contributed by atoms with Crippen LogP contribution in [-0.4, -0.2) is 41.5 Å². The number of oxime groups is 1. The number of hydrogen-bond acceptors (Lipinski definition) is 3.